The van der Waals surface area contributed by atoms with E-state index in [-0.39, 0.29) is 22.8 Å². The number of amides is 1. The number of sulfone groups is 1. The minimum Gasteiger partial charge on any atom is -0.334 e. The van der Waals surface area contributed by atoms with Gasteiger partial charge in [0, 0.05) is 18.2 Å². The summed E-state index contributed by atoms with van der Waals surface area (Å²) < 4.78 is 23.4. The Morgan fingerprint density at radius 1 is 1.43 bits per heavy atom. The Labute approximate surface area is 135 Å². The first-order chi connectivity index (χ1) is 10.8. The van der Waals surface area contributed by atoms with Crippen LogP contribution in [0.5, 0.6) is 0 Å². The molecule has 1 aliphatic heterocycles. The van der Waals surface area contributed by atoms with Crippen molar-refractivity contribution >= 4 is 21.4 Å². The van der Waals surface area contributed by atoms with Gasteiger partial charge in [0.15, 0.2) is 9.84 Å². The fourth-order valence-electron chi connectivity index (χ4n) is 2.94. The highest BCUT2D eigenvalue weighted by atomic mass is 32.2. The smallest absolute Gasteiger partial charge is 0.285 e. The minimum atomic E-state index is -3.14. The molecule has 1 atom stereocenters. The molecule has 1 aromatic rings. The van der Waals surface area contributed by atoms with Gasteiger partial charge in [-0.25, -0.2) is 8.42 Å². The second-order valence-corrected chi connectivity index (χ2v) is 8.01. The van der Waals surface area contributed by atoms with E-state index in [2.05, 4.69) is 0 Å². The van der Waals surface area contributed by atoms with Crippen LogP contribution in [0, 0.1) is 17.0 Å². The molecule has 2 rings (SSSR count). The Morgan fingerprint density at radius 2 is 2.13 bits per heavy atom. The molecule has 1 aromatic carbocycles. The van der Waals surface area contributed by atoms with Crippen molar-refractivity contribution < 1.29 is 18.1 Å². The first kappa shape index (κ1) is 17.4. The molecule has 1 fully saturated rings. The standard InChI is InChI=1S/C15H20N2O5S/c1-3-8-16(12-7-9-23(21,22)10-12)15(18)13-6-4-5-11(2)14(13)17(19)20/h4-6,12H,3,7-10H2,1-2H3/t12-/m1/s1. The third-order valence-electron chi connectivity index (χ3n) is 4.03. The number of nitrogens with zero attached hydrogens (tertiary/aromatic N) is 2. The Bertz CT molecular complexity index is 729. The van der Waals surface area contributed by atoms with Gasteiger partial charge >= 0.3 is 0 Å². The molecule has 1 aliphatic rings. The van der Waals surface area contributed by atoms with Crippen molar-refractivity contribution in [1.29, 1.82) is 0 Å². The van der Waals surface area contributed by atoms with Crippen LogP contribution in [-0.2, 0) is 9.84 Å². The molecule has 1 saturated heterocycles. The Balaban J connectivity index is 2.40. The zero-order chi connectivity index (χ0) is 17.2. The van der Waals surface area contributed by atoms with Crippen LogP contribution in [0.1, 0.15) is 35.7 Å². The van der Waals surface area contributed by atoms with Crippen LogP contribution in [0.4, 0.5) is 5.69 Å². The summed E-state index contributed by atoms with van der Waals surface area (Å²) >= 11 is 0. The predicted molar refractivity (Wildman–Crippen MR) is 86.2 cm³/mol. The first-order valence-electron chi connectivity index (χ1n) is 7.52. The molecule has 0 radical (unpaired) electrons. The van der Waals surface area contributed by atoms with Crippen molar-refractivity contribution in [3.8, 4) is 0 Å². The van der Waals surface area contributed by atoms with Crippen LogP contribution in [-0.4, -0.2) is 48.2 Å². The minimum absolute atomic E-state index is 0.0211. The van der Waals surface area contributed by atoms with Gasteiger partial charge in [-0.05, 0) is 25.8 Å². The monoisotopic (exact) mass is 340 g/mol. The molecule has 1 heterocycles. The summed E-state index contributed by atoms with van der Waals surface area (Å²) in [4.78, 5) is 25.0. The predicted octanol–water partition coefficient (Wildman–Crippen LogP) is 1.94. The Morgan fingerprint density at radius 3 is 2.65 bits per heavy atom. The SMILES string of the molecule is CCCN(C(=O)c1cccc(C)c1[N+](=O)[O-])[C@@H]1CCS(=O)(=O)C1. The van der Waals surface area contributed by atoms with Crippen molar-refractivity contribution in [1.82, 2.24) is 4.90 Å². The quantitative estimate of drug-likeness (QED) is 0.603. The van der Waals surface area contributed by atoms with Crippen molar-refractivity contribution in [3.63, 3.8) is 0 Å². The second-order valence-electron chi connectivity index (χ2n) is 5.78. The molecule has 0 N–H and O–H groups in total. The number of nitro groups is 1. The lowest BCUT2D eigenvalue weighted by Crippen LogP contribution is -2.41. The van der Waals surface area contributed by atoms with E-state index < -0.39 is 26.7 Å². The highest BCUT2D eigenvalue weighted by Gasteiger charge is 2.36. The molecule has 0 aliphatic carbocycles. The third-order valence-corrected chi connectivity index (χ3v) is 5.78. The summed E-state index contributed by atoms with van der Waals surface area (Å²) in [6, 6.07) is 4.21. The molecule has 23 heavy (non-hydrogen) atoms. The zero-order valence-corrected chi connectivity index (χ0v) is 14.0. The van der Waals surface area contributed by atoms with Crippen LogP contribution >= 0.6 is 0 Å². The maximum absolute atomic E-state index is 12.8. The Hall–Kier alpha value is -1.96. The van der Waals surface area contributed by atoms with Crippen LogP contribution in [0.2, 0.25) is 0 Å². The van der Waals surface area contributed by atoms with Crippen LogP contribution in [0.25, 0.3) is 0 Å². The number of hydrogen-bond donors (Lipinski definition) is 0. The molecule has 1 amide bonds. The summed E-state index contributed by atoms with van der Waals surface area (Å²) in [6.45, 7) is 3.84. The lowest BCUT2D eigenvalue weighted by atomic mass is 10.1. The largest absolute Gasteiger partial charge is 0.334 e. The number of aryl methyl sites for hydroxylation is 1. The van der Waals surface area contributed by atoms with Gasteiger partial charge in [0.1, 0.15) is 5.56 Å². The molecular formula is C15H20N2O5S. The van der Waals surface area contributed by atoms with Crippen LogP contribution in [0.15, 0.2) is 18.2 Å². The third kappa shape index (κ3) is 3.69. The fraction of sp³-hybridized carbons (Fsp3) is 0.533. The van der Waals surface area contributed by atoms with E-state index in [4.69, 9.17) is 0 Å². The number of benzene rings is 1. The van der Waals surface area contributed by atoms with Crippen molar-refractivity contribution in [2.24, 2.45) is 0 Å². The van der Waals surface area contributed by atoms with Gasteiger partial charge in [-0.3, -0.25) is 14.9 Å². The molecular weight excluding hydrogens is 320 g/mol. The maximum atomic E-state index is 12.8. The van der Waals surface area contributed by atoms with E-state index >= 15 is 0 Å². The summed E-state index contributed by atoms with van der Waals surface area (Å²) in [5, 5.41) is 11.3. The van der Waals surface area contributed by atoms with E-state index in [1.165, 1.54) is 11.0 Å². The number of rotatable bonds is 5. The van der Waals surface area contributed by atoms with Gasteiger partial charge < -0.3 is 4.90 Å². The zero-order valence-electron chi connectivity index (χ0n) is 13.2. The van der Waals surface area contributed by atoms with Gasteiger partial charge in [0.05, 0.1) is 16.4 Å². The van der Waals surface area contributed by atoms with Gasteiger partial charge in [0.25, 0.3) is 11.6 Å². The topological polar surface area (TPSA) is 97.6 Å². The first-order valence-corrected chi connectivity index (χ1v) is 9.34. The van der Waals surface area contributed by atoms with E-state index in [0.717, 1.165) is 0 Å². The van der Waals surface area contributed by atoms with Crippen molar-refractivity contribution in [2.75, 3.05) is 18.1 Å². The van der Waals surface area contributed by atoms with Crippen LogP contribution in [0.3, 0.4) is 0 Å². The molecule has 0 bridgehead atoms. The molecule has 8 heteroatoms. The van der Waals surface area contributed by atoms with E-state index in [1.54, 1.807) is 19.1 Å². The van der Waals surface area contributed by atoms with Gasteiger partial charge in [-0.15, -0.1) is 0 Å². The number of carbonyl (C=O) groups is 1. The number of carbonyl (C=O) groups excluding carboxylic acids is 1. The lowest BCUT2D eigenvalue weighted by molar-refractivity contribution is -0.385. The normalized spacial score (nSPS) is 19.5. The molecule has 126 valence electrons. The molecule has 0 spiro atoms. The van der Waals surface area contributed by atoms with E-state index in [9.17, 15) is 23.3 Å². The molecule has 0 aromatic heterocycles. The maximum Gasteiger partial charge on any atom is 0.285 e. The van der Waals surface area contributed by atoms with E-state index in [0.29, 0.717) is 24.9 Å². The molecule has 0 saturated carbocycles. The summed E-state index contributed by atoms with van der Waals surface area (Å²) in [5.74, 6) is -0.483. The van der Waals surface area contributed by atoms with Crippen molar-refractivity contribution in [3.05, 3.63) is 39.4 Å². The average molecular weight is 340 g/mol. The van der Waals surface area contributed by atoms with Gasteiger partial charge in [0.2, 0.25) is 0 Å². The number of para-hydroxylation sites is 1. The molecule has 0 unspecified atom stereocenters. The molecule has 7 nitrogen and oxygen atoms in total. The fourth-order valence-corrected chi connectivity index (χ4v) is 4.67. The average Bonchev–Trinajstić information content (AvgIpc) is 2.83. The number of hydrogen-bond acceptors (Lipinski definition) is 5. The summed E-state index contributed by atoms with van der Waals surface area (Å²) in [7, 11) is -3.14. The Kier molecular flexibility index (Phi) is 5.03. The van der Waals surface area contributed by atoms with E-state index in [1.807, 2.05) is 6.92 Å². The second kappa shape index (κ2) is 6.66. The van der Waals surface area contributed by atoms with Crippen LogP contribution < -0.4 is 0 Å². The van der Waals surface area contributed by atoms with Gasteiger partial charge in [-0.1, -0.05) is 19.1 Å². The van der Waals surface area contributed by atoms with Crippen molar-refractivity contribution in [2.45, 2.75) is 32.7 Å². The lowest BCUT2D eigenvalue weighted by Gasteiger charge is -2.28. The highest BCUT2D eigenvalue weighted by molar-refractivity contribution is 7.91. The van der Waals surface area contributed by atoms with Gasteiger partial charge in [-0.2, -0.15) is 0 Å². The highest BCUT2D eigenvalue weighted by Crippen LogP contribution is 2.27. The summed E-state index contributed by atoms with van der Waals surface area (Å²) in [6.07, 6.45) is 1.04. The summed E-state index contributed by atoms with van der Waals surface area (Å²) in [5.41, 5.74) is 0.226. The number of nitro benzene ring substituents is 1.